The van der Waals surface area contributed by atoms with Crippen molar-refractivity contribution in [1.82, 2.24) is 0 Å². The zero-order valence-corrected chi connectivity index (χ0v) is 11.3. The fourth-order valence-corrected chi connectivity index (χ4v) is 1.95. The summed E-state index contributed by atoms with van der Waals surface area (Å²) in [5.41, 5.74) is 2.75. The molecule has 2 aromatic carbocycles. The summed E-state index contributed by atoms with van der Waals surface area (Å²) in [6.45, 7) is 1.88. The molecule has 0 radical (unpaired) electrons. The van der Waals surface area contributed by atoms with Gasteiger partial charge in [0.1, 0.15) is 11.9 Å². The van der Waals surface area contributed by atoms with Crippen molar-refractivity contribution in [2.75, 3.05) is 5.32 Å². The summed E-state index contributed by atoms with van der Waals surface area (Å²) >= 11 is 3.31. The summed E-state index contributed by atoms with van der Waals surface area (Å²) in [4.78, 5) is 0. The summed E-state index contributed by atoms with van der Waals surface area (Å²) in [6.07, 6.45) is 0. The van der Waals surface area contributed by atoms with Crippen molar-refractivity contribution in [3.8, 4) is 6.07 Å². The Morgan fingerprint density at radius 1 is 1.17 bits per heavy atom. The van der Waals surface area contributed by atoms with Gasteiger partial charge in [0.25, 0.3) is 0 Å². The quantitative estimate of drug-likeness (QED) is 0.886. The minimum absolute atomic E-state index is 0.307. The Morgan fingerprint density at radius 3 is 2.67 bits per heavy atom. The van der Waals surface area contributed by atoms with E-state index in [4.69, 9.17) is 5.26 Å². The first-order valence-corrected chi connectivity index (χ1v) is 6.12. The number of benzene rings is 2. The maximum absolute atomic E-state index is 13.2. The van der Waals surface area contributed by atoms with Gasteiger partial charge in [-0.3, -0.25) is 0 Å². The van der Waals surface area contributed by atoms with Gasteiger partial charge in [0.2, 0.25) is 0 Å². The fraction of sp³-hybridized carbons (Fsp3) is 0.0714. The monoisotopic (exact) mass is 304 g/mol. The topological polar surface area (TPSA) is 35.8 Å². The average molecular weight is 305 g/mol. The predicted molar refractivity (Wildman–Crippen MR) is 73.3 cm³/mol. The number of nitrogens with one attached hydrogen (secondary N) is 1. The van der Waals surface area contributed by atoms with Crippen LogP contribution in [-0.2, 0) is 0 Å². The second kappa shape index (κ2) is 5.19. The highest BCUT2D eigenvalue weighted by Crippen LogP contribution is 2.26. The third kappa shape index (κ3) is 2.69. The molecule has 0 aliphatic rings. The van der Waals surface area contributed by atoms with Crippen LogP contribution in [0, 0.1) is 24.1 Å². The van der Waals surface area contributed by atoms with E-state index in [1.54, 1.807) is 18.2 Å². The lowest BCUT2D eigenvalue weighted by atomic mass is 10.1. The Balaban J connectivity index is 2.40. The van der Waals surface area contributed by atoms with Crippen LogP contribution in [0.4, 0.5) is 15.8 Å². The molecule has 90 valence electrons. The molecule has 0 spiro atoms. The predicted octanol–water partition coefficient (Wildman–Crippen LogP) is 4.51. The van der Waals surface area contributed by atoms with Crippen LogP contribution in [-0.4, -0.2) is 0 Å². The first-order chi connectivity index (χ1) is 8.60. The lowest BCUT2D eigenvalue weighted by Gasteiger charge is -2.11. The van der Waals surface area contributed by atoms with Gasteiger partial charge < -0.3 is 5.32 Å². The molecule has 2 rings (SSSR count). The fourth-order valence-electron chi connectivity index (χ4n) is 1.59. The highest BCUT2D eigenvalue weighted by Gasteiger charge is 2.05. The molecule has 18 heavy (non-hydrogen) atoms. The maximum Gasteiger partial charge on any atom is 0.125 e. The molecule has 0 atom stereocenters. The van der Waals surface area contributed by atoms with E-state index in [1.807, 2.05) is 13.0 Å². The molecular formula is C14H10BrFN2. The van der Waals surface area contributed by atoms with E-state index in [2.05, 4.69) is 27.3 Å². The summed E-state index contributed by atoms with van der Waals surface area (Å²) in [6, 6.07) is 12.0. The lowest BCUT2D eigenvalue weighted by Crippen LogP contribution is -1.96. The van der Waals surface area contributed by atoms with Gasteiger partial charge in [-0.1, -0.05) is 22.0 Å². The smallest absolute Gasteiger partial charge is 0.125 e. The number of anilines is 2. The van der Waals surface area contributed by atoms with Crippen molar-refractivity contribution < 1.29 is 4.39 Å². The number of nitrogens with zero attached hydrogens (tertiary/aromatic N) is 1. The van der Waals surface area contributed by atoms with E-state index in [9.17, 15) is 4.39 Å². The number of hydrogen-bond acceptors (Lipinski definition) is 2. The van der Waals surface area contributed by atoms with Crippen LogP contribution < -0.4 is 5.32 Å². The van der Waals surface area contributed by atoms with Gasteiger partial charge in [0, 0.05) is 10.2 Å². The van der Waals surface area contributed by atoms with Gasteiger partial charge in [-0.15, -0.1) is 0 Å². The van der Waals surface area contributed by atoms with Gasteiger partial charge in [-0.05, 0) is 42.8 Å². The third-order valence-corrected chi connectivity index (χ3v) is 3.06. The number of aryl methyl sites for hydroxylation is 1. The molecule has 0 unspecified atom stereocenters. The zero-order chi connectivity index (χ0) is 13.1. The Hall–Kier alpha value is -1.86. The van der Waals surface area contributed by atoms with Crippen molar-refractivity contribution in [2.45, 2.75) is 6.92 Å². The molecule has 0 aliphatic carbocycles. The minimum Gasteiger partial charge on any atom is -0.354 e. The van der Waals surface area contributed by atoms with E-state index in [0.717, 1.165) is 10.0 Å². The molecule has 0 bridgehead atoms. The van der Waals surface area contributed by atoms with Crippen LogP contribution in [0.15, 0.2) is 40.9 Å². The molecule has 0 aromatic heterocycles. The number of nitriles is 1. The minimum atomic E-state index is -0.307. The molecule has 2 nitrogen and oxygen atoms in total. The first kappa shape index (κ1) is 12.6. The van der Waals surface area contributed by atoms with E-state index < -0.39 is 0 Å². The second-order valence-corrected chi connectivity index (χ2v) is 4.80. The lowest BCUT2D eigenvalue weighted by molar-refractivity contribution is 0.628. The average Bonchev–Trinajstić information content (AvgIpc) is 2.36. The molecule has 0 fully saturated rings. The van der Waals surface area contributed by atoms with Crippen LogP contribution >= 0.6 is 15.9 Å². The molecule has 2 aromatic rings. The van der Waals surface area contributed by atoms with Crippen LogP contribution in [0.3, 0.4) is 0 Å². The van der Waals surface area contributed by atoms with Gasteiger partial charge in [-0.25, -0.2) is 4.39 Å². The molecular weight excluding hydrogens is 295 g/mol. The second-order valence-electron chi connectivity index (χ2n) is 3.89. The summed E-state index contributed by atoms with van der Waals surface area (Å²) < 4.78 is 14.0. The van der Waals surface area contributed by atoms with Gasteiger partial charge in [-0.2, -0.15) is 5.26 Å². The van der Waals surface area contributed by atoms with Crippen molar-refractivity contribution in [2.24, 2.45) is 0 Å². The number of rotatable bonds is 2. The largest absolute Gasteiger partial charge is 0.354 e. The van der Waals surface area contributed by atoms with Crippen molar-refractivity contribution in [1.29, 1.82) is 5.26 Å². The highest BCUT2D eigenvalue weighted by molar-refractivity contribution is 9.10. The molecule has 0 saturated heterocycles. The van der Waals surface area contributed by atoms with Gasteiger partial charge in [0.15, 0.2) is 0 Å². The Labute approximate surface area is 113 Å². The van der Waals surface area contributed by atoms with E-state index in [1.165, 1.54) is 12.1 Å². The van der Waals surface area contributed by atoms with Gasteiger partial charge in [0.05, 0.1) is 11.3 Å². The van der Waals surface area contributed by atoms with Crippen LogP contribution in [0.1, 0.15) is 11.1 Å². The molecule has 1 N–H and O–H groups in total. The Morgan fingerprint density at radius 2 is 1.94 bits per heavy atom. The zero-order valence-electron chi connectivity index (χ0n) is 9.67. The molecule has 0 amide bonds. The van der Waals surface area contributed by atoms with Crippen molar-refractivity contribution in [3.63, 3.8) is 0 Å². The normalized spacial score (nSPS) is 9.89. The summed E-state index contributed by atoms with van der Waals surface area (Å²) in [5, 5.41) is 12.1. The maximum atomic E-state index is 13.2. The standard InChI is InChI=1S/C14H10BrFN2/c1-9-2-4-12(16)7-14(9)18-13-5-3-11(15)6-10(13)8-17/h2-7,18H,1H3. The highest BCUT2D eigenvalue weighted by atomic mass is 79.9. The van der Waals surface area contributed by atoms with Crippen LogP contribution in [0.5, 0.6) is 0 Å². The van der Waals surface area contributed by atoms with Crippen LogP contribution in [0.2, 0.25) is 0 Å². The molecule has 0 heterocycles. The van der Waals surface area contributed by atoms with Crippen molar-refractivity contribution in [3.05, 3.63) is 57.8 Å². The number of halogens is 2. The Bertz CT molecular complexity index is 632. The molecule has 0 saturated carbocycles. The number of hydrogen-bond donors (Lipinski definition) is 1. The third-order valence-electron chi connectivity index (χ3n) is 2.57. The van der Waals surface area contributed by atoms with E-state index in [-0.39, 0.29) is 5.82 Å². The van der Waals surface area contributed by atoms with Crippen LogP contribution in [0.25, 0.3) is 0 Å². The molecule has 0 aliphatic heterocycles. The van der Waals surface area contributed by atoms with Gasteiger partial charge >= 0.3 is 0 Å². The molecule has 4 heteroatoms. The SMILES string of the molecule is Cc1ccc(F)cc1Nc1ccc(Br)cc1C#N. The van der Waals surface area contributed by atoms with E-state index >= 15 is 0 Å². The van der Waals surface area contributed by atoms with Crippen molar-refractivity contribution >= 4 is 27.3 Å². The summed E-state index contributed by atoms with van der Waals surface area (Å²) in [5.74, 6) is -0.307. The summed E-state index contributed by atoms with van der Waals surface area (Å²) in [7, 11) is 0. The van der Waals surface area contributed by atoms with E-state index in [0.29, 0.717) is 16.9 Å². The first-order valence-electron chi connectivity index (χ1n) is 5.33. The Kier molecular flexibility index (Phi) is 3.63.